The number of hydrogen-bond donors (Lipinski definition) is 0. The summed E-state index contributed by atoms with van der Waals surface area (Å²) < 4.78 is 27.6. The molecule has 0 N–H and O–H groups in total. The lowest BCUT2D eigenvalue weighted by atomic mass is 9.80. The average molecular weight is 881 g/mol. The van der Waals surface area contributed by atoms with Crippen LogP contribution in [0.2, 0.25) is 0 Å². The van der Waals surface area contributed by atoms with Crippen molar-refractivity contribution < 1.29 is 9.13 Å². The summed E-state index contributed by atoms with van der Waals surface area (Å²) in [7, 11) is 0. The quantitative estimate of drug-likeness (QED) is 0.149. The minimum Gasteiger partial charge on any atom is -0.457 e. The van der Waals surface area contributed by atoms with E-state index in [-0.39, 0.29) is 22.1 Å². The normalized spacial score (nSPS) is 12.9. The number of nitrogens with zero attached hydrogens (tertiary/aromatic N) is 4. The molecule has 2 aromatic heterocycles. The van der Waals surface area contributed by atoms with Crippen LogP contribution in [-0.4, -0.2) is 15.6 Å². The molecule has 1 aliphatic rings. The standard InChI is InChI=1S/C61H57FN4O/c1-39-29-57(63-37-53(39)41-18-14-20-45(62)31-41)66-54-25-12-11-23-51(54)52-28-27-49(36-56(52)66)67-48-22-15-21-46(35-48)64-38-65(47-33-43(60(5,6)7)32-44(34-47)61(8,9)10)58-50(24-16-26-55(58)64)40-17-13-19-42(30-40)59(2,3)4/h11-37H,1-10H3/q+2. The van der Waals surface area contributed by atoms with Crippen molar-refractivity contribution in [3.63, 3.8) is 0 Å². The maximum Gasteiger partial charge on any atom is 0.503 e. The van der Waals surface area contributed by atoms with Gasteiger partial charge in [-0.3, -0.25) is 4.57 Å². The van der Waals surface area contributed by atoms with Gasteiger partial charge in [-0.25, -0.2) is 9.37 Å². The predicted octanol–water partition coefficient (Wildman–Crippen LogP) is 16.5. The summed E-state index contributed by atoms with van der Waals surface area (Å²) in [4.78, 5) is 4.96. The number of para-hydroxylation sites is 2. The van der Waals surface area contributed by atoms with E-state index in [9.17, 15) is 4.39 Å². The molecular formula is C61H57FN4O+2. The number of aryl methyl sites for hydroxylation is 1. The number of aromatic nitrogens is 2. The Morgan fingerprint density at radius 1 is 0.522 bits per heavy atom. The summed E-state index contributed by atoms with van der Waals surface area (Å²) in [5.74, 6) is 1.91. The molecule has 0 amide bonds. The minimum absolute atomic E-state index is 0.00494. The fourth-order valence-corrected chi connectivity index (χ4v) is 9.23. The molecule has 6 heteroatoms. The van der Waals surface area contributed by atoms with Gasteiger partial charge in [-0.1, -0.05) is 135 Å². The van der Waals surface area contributed by atoms with E-state index in [1.807, 2.05) is 37.4 Å². The lowest BCUT2D eigenvalue weighted by Crippen LogP contribution is -2.17. The zero-order valence-electron chi connectivity index (χ0n) is 40.2. The van der Waals surface area contributed by atoms with Gasteiger partial charge in [-0.05, 0) is 114 Å². The smallest absolute Gasteiger partial charge is 0.457 e. The lowest BCUT2D eigenvalue weighted by molar-refractivity contribution is 0.483. The molecule has 0 saturated heterocycles. The Balaban J connectivity index is 1.09. The van der Waals surface area contributed by atoms with Crippen molar-refractivity contribution in [2.75, 3.05) is 0 Å². The van der Waals surface area contributed by atoms with Gasteiger partial charge in [0, 0.05) is 52.9 Å². The molecule has 7 aromatic carbocycles. The summed E-state index contributed by atoms with van der Waals surface area (Å²) >= 11 is 0. The number of fused-ring (bicyclic) bond motifs is 4. The number of ether oxygens (including phenoxy) is 1. The van der Waals surface area contributed by atoms with Gasteiger partial charge >= 0.3 is 11.7 Å². The molecule has 0 atom stereocenters. The minimum atomic E-state index is -0.270. The molecule has 10 rings (SSSR count). The van der Waals surface area contributed by atoms with Crippen molar-refractivity contribution in [3.05, 3.63) is 192 Å². The molecule has 3 heterocycles. The second-order valence-electron chi connectivity index (χ2n) is 21.0. The Kier molecular flexibility index (Phi) is 10.5. The zero-order chi connectivity index (χ0) is 47.0. The van der Waals surface area contributed by atoms with Crippen LogP contribution in [0.4, 0.5) is 27.1 Å². The van der Waals surface area contributed by atoms with Crippen LogP contribution in [0.15, 0.2) is 164 Å². The van der Waals surface area contributed by atoms with Crippen LogP contribution < -0.4 is 13.9 Å². The third-order valence-electron chi connectivity index (χ3n) is 13.0. The number of pyridine rings is 1. The molecular weight excluding hydrogens is 824 g/mol. The van der Waals surface area contributed by atoms with E-state index in [4.69, 9.17) is 9.72 Å². The van der Waals surface area contributed by atoms with Gasteiger partial charge < -0.3 is 4.74 Å². The number of benzene rings is 7. The topological polar surface area (TPSA) is 33.1 Å². The van der Waals surface area contributed by atoms with Crippen molar-refractivity contribution in [1.29, 1.82) is 0 Å². The number of hydrogen-bond acceptors (Lipinski definition) is 2. The summed E-state index contributed by atoms with van der Waals surface area (Å²) in [6.07, 6.45) is 1.84. The van der Waals surface area contributed by atoms with Gasteiger partial charge in [0.25, 0.3) is 5.69 Å². The van der Waals surface area contributed by atoms with E-state index in [2.05, 4.69) is 197 Å². The van der Waals surface area contributed by atoms with Crippen molar-refractivity contribution in [2.45, 2.75) is 85.5 Å². The molecule has 0 saturated carbocycles. The SMILES string of the molecule is Cc1cc(-n2c3ccccc3c3ccc(Oc4cccc([N+]5=C=[N+](c6cc(C(C)(C)C)cc(C(C)(C)C)c6)c6c(-c7cccc(C(C)(C)C)c7)cccc65)c4)cc32)ncc1-c1cccc(F)c1. The summed E-state index contributed by atoms with van der Waals surface area (Å²) in [6, 6.07) is 58.1. The van der Waals surface area contributed by atoms with Crippen LogP contribution in [0.5, 0.6) is 11.5 Å². The molecule has 0 unspecified atom stereocenters. The van der Waals surface area contributed by atoms with Crippen LogP contribution >= 0.6 is 0 Å². The molecule has 0 fully saturated rings. The highest BCUT2D eigenvalue weighted by molar-refractivity contribution is 6.09. The van der Waals surface area contributed by atoms with Gasteiger partial charge in [-0.15, -0.1) is 0 Å². The summed E-state index contributed by atoms with van der Waals surface area (Å²) in [5.41, 5.74) is 14.8. The highest BCUT2D eigenvalue weighted by atomic mass is 19.1. The molecule has 0 bridgehead atoms. The Hall–Kier alpha value is -7.40. The van der Waals surface area contributed by atoms with Crippen LogP contribution in [0.1, 0.15) is 84.6 Å². The second kappa shape index (κ2) is 16.2. The first-order valence-electron chi connectivity index (χ1n) is 23.2. The van der Waals surface area contributed by atoms with Crippen molar-refractivity contribution in [3.8, 4) is 39.6 Å². The Morgan fingerprint density at radius 3 is 1.90 bits per heavy atom. The first-order valence-corrected chi connectivity index (χ1v) is 23.2. The number of halogens is 1. The van der Waals surface area contributed by atoms with Crippen LogP contribution in [0.25, 0.3) is 49.9 Å². The maximum atomic E-state index is 14.2. The Morgan fingerprint density at radius 2 is 1.18 bits per heavy atom. The van der Waals surface area contributed by atoms with Crippen molar-refractivity contribution >= 4 is 50.6 Å². The van der Waals surface area contributed by atoms with Gasteiger partial charge in [0.05, 0.1) is 22.7 Å². The molecule has 0 spiro atoms. The summed E-state index contributed by atoms with van der Waals surface area (Å²) in [5, 5.41) is 2.22. The Labute approximate surface area is 393 Å². The molecule has 9 aromatic rings. The average Bonchev–Trinajstić information content (AvgIpc) is 3.84. The van der Waals surface area contributed by atoms with Crippen molar-refractivity contribution in [2.24, 2.45) is 0 Å². The maximum absolute atomic E-state index is 14.2. The molecule has 332 valence electrons. The molecule has 0 radical (unpaired) electrons. The monoisotopic (exact) mass is 880 g/mol. The lowest BCUT2D eigenvalue weighted by Gasteiger charge is -2.24. The first-order chi connectivity index (χ1) is 31.9. The van der Waals surface area contributed by atoms with E-state index in [1.165, 1.54) is 28.3 Å². The van der Waals surface area contributed by atoms with E-state index in [0.29, 0.717) is 11.5 Å². The molecule has 0 aliphatic carbocycles. The van der Waals surface area contributed by atoms with Gasteiger partial charge in [0.15, 0.2) is 0 Å². The third kappa shape index (κ3) is 8.17. The van der Waals surface area contributed by atoms with Crippen molar-refractivity contribution in [1.82, 2.24) is 18.7 Å². The van der Waals surface area contributed by atoms with Crippen LogP contribution in [-0.2, 0) is 16.2 Å². The van der Waals surface area contributed by atoms with Gasteiger partial charge in [0.1, 0.15) is 23.1 Å². The highest BCUT2D eigenvalue weighted by Gasteiger charge is 2.40. The van der Waals surface area contributed by atoms with E-state index in [1.54, 1.807) is 12.1 Å². The fourth-order valence-electron chi connectivity index (χ4n) is 9.23. The van der Waals surface area contributed by atoms with Crippen LogP contribution in [0, 0.1) is 12.7 Å². The molecule has 5 nitrogen and oxygen atoms in total. The third-order valence-corrected chi connectivity index (χ3v) is 13.0. The van der Waals surface area contributed by atoms with Gasteiger partial charge in [0.2, 0.25) is 11.4 Å². The van der Waals surface area contributed by atoms with E-state index < -0.39 is 0 Å². The summed E-state index contributed by atoms with van der Waals surface area (Å²) in [6.45, 7) is 22.6. The highest BCUT2D eigenvalue weighted by Crippen LogP contribution is 2.46. The van der Waals surface area contributed by atoms with Crippen LogP contribution in [0.3, 0.4) is 0 Å². The molecule has 67 heavy (non-hydrogen) atoms. The van der Waals surface area contributed by atoms with E-state index in [0.717, 1.165) is 72.6 Å². The second-order valence-corrected chi connectivity index (χ2v) is 21.0. The Bertz CT molecular complexity index is 3480. The first kappa shape index (κ1) is 43.5. The largest absolute Gasteiger partial charge is 0.503 e. The fraction of sp³-hybridized carbons (Fsp3) is 0.213. The van der Waals surface area contributed by atoms with Gasteiger partial charge in [-0.2, -0.15) is 0 Å². The number of rotatable bonds is 7. The zero-order valence-corrected chi connectivity index (χ0v) is 40.2. The van der Waals surface area contributed by atoms with E-state index >= 15 is 0 Å². The predicted molar refractivity (Wildman–Crippen MR) is 278 cm³/mol. The molecule has 1 aliphatic heterocycles.